The zero-order valence-electron chi connectivity index (χ0n) is 12.9. The highest BCUT2D eigenvalue weighted by molar-refractivity contribution is 9.10. The maximum atomic E-state index is 11.5. The number of piperidine rings is 1. The number of nitrogens with two attached hydrogens (primary N) is 1. The van der Waals surface area contributed by atoms with Crippen molar-refractivity contribution in [1.29, 1.82) is 0 Å². The number of amides is 1. The normalized spacial score (nSPS) is 26.6. The third-order valence-corrected chi connectivity index (χ3v) is 5.28. The van der Waals surface area contributed by atoms with Gasteiger partial charge in [-0.05, 0) is 42.9 Å². The number of carbonyl (C=O) groups is 1. The Morgan fingerprint density at radius 2 is 2.14 bits per heavy atom. The third kappa shape index (κ3) is 3.84. The van der Waals surface area contributed by atoms with Gasteiger partial charge < -0.3 is 0 Å². The molecule has 21 heavy (non-hydrogen) atoms. The first-order chi connectivity index (χ1) is 9.92. The number of nitrogen functional groups attached to an aromatic ring is 1. The molecule has 1 amide bonds. The maximum absolute atomic E-state index is 11.5. The monoisotopic (exact) mass is 353 g/mol. The number of hydrogen-bond acceptors (Lipinski definition) is 3. The first kappa shape index (κ1) is 16.5. The molecule has 5 heteroatoms. The van der Waals surface area contributed by atoms with Gasteiger partial charge in [-0.1, -0.05) is 35.8 Å². The predicted molar refractivity (Wildman–Crippen MR) is 88.6 cm³/mol. The minimum Gasteiger partial charge on any atom is -0.296 e. The molecule has 1 fully saturated rings. The predicted octanol–water partition coefficient (Wildman–Crippen LogP) is 2.92. The first-order valence-electron chi connectivity index (χ1n) is 7.45. The van der Waals surface area contributed by atoms with Crippen LogP contribution in [0.15, 0.2) is 22.7 Å². The van der Waals surface area contributed by atoms with Gasteiger partial charge >= 0.3 is 0 Å². The second-order valence-electron chi connectivity index (χ2n) is 6.27. The quantitative estimate of drug-likeness (QED) is 0.499. The number of likely N-dealkylation sites (tertiary alicyclic amines) is 1. The molecule has 3 unspecified atom stereocenters. The average Bonchev–Trinajstić information content (AvgIpc) is 2.45. The second kappa shape index (κ2) is 6.90. The van der Waals surface area contributed by atoms with Crippen molar-refractivity contribution in [1.82, 2.24) is 10.3 Å². The van der Waals surface area contributed by atoms with Crippen LogP contribution in [0.2, 0.25) is 0 Å². The van der Waals surface area contributed by atoms with Crippen molar-refractivity contribution in [2.24, 2.45) is 17.7 Å². The van der Waals surface area contributed by atoms with Crippen LogP contribution >= 0.6 is 15.9 Å². The number of halogens is 1. The van der Waals surface area contributed by atoms with E-state index in [9.17, 15) is 4.79 Å². The van der Waals surface area contributed by atoms with Crippen LogP contribution in [0.5, 0.6) is 0 Å². The van der Waals surface area contributed by atoms with E-state index in [4.69, 9.17) is 5.84 Å². The van der Waals surface area contributed by atoms with E-state index >= 15 is 0 Å². The van der Waals surface area contributed by atoms with Gasteiger partial charge in [-0.2, -0.15) is 0 Å². The fraction of sp³-hybridized carbons (Fsp3) is 0.562. The molecular weight excluding hydrogens is 330 g/mol. The molecule has 3 N–H and O–H groups in total. The van der Waals surface area contributed by atoms with Gasteiger partial charge in [0.25, 0.3) is 5.91 Å². The molecule has 2 rings (SSSR count). The molecule has 1 aromatic carbocycles. The Kier molecular flexibility index (Phi) is 5.41. The largest absolute Gasteiger partial charge is 0.296 e. The van der Waals surface area contributed by atoms with Crippen LogP contribution in [0.1, 0.15) is 43.1 Å². The molecule has 1 aromatic rings. The van der Waals surface area contributed by atoms with E-state index in [1.807, 2.05) is 18.2 Å². The molecule has 0 radical (unpaired) electrons. The molecule has 116 valence electrons. The SMILES string of the molecule is CC1CC(C)C(C)N(Cc2ccc(C(=O)NN)cc2Br)C1. The summed E-state index contributed by atoms with van der Waals surface area (Å²) < 4.78 is 0.960. The van der Waals surface area contributed by atoms with Crippen molar-refractivity contribution in [2.45, 2.75) is 39.8 Å². The smallest absolute Gasteiger partial charge is 0.265 e. The first-order valence-corrected chi connectivity index (χ1v) is 8.25. The molecular formula is C16H24BrN3O. The van der Waals surface area contributed by atoms with E-state index in [1.165, 1.54) is 12.0 Å². The van der Waals surface area contributed by atoms with Gasteiger partial charge in [-0.25, -0.2) is 5.84 Å². The molecule has 0 aromatic heterocycles. The van der Waals surface area contributed by atoms with Gasteiger partial charge in [-0.15, -0.1) is 0 Å². The Morgan fingerprint density at radius 3 is 2.76 bits per heavy atom. The lowest BCUT2D eigenvalue weighted by molar-refractivity contribution is 0.0728. The van der Waals surface area contributed by atoms with Crippen LogP contribution in [-0.2, 0) is 6.54 Å². The molecule has 0 bridgehead atoms. The van der Waals surface area contributed by atoms with E-state index in [2.05, 4.69) is 47.0 Å². The van der Waals surface area contributed by atoms with E-state index in [0.717, 1.165) is 29.4 Å². The summed E-state index contributed by atoms with van der Waals surface area (Å²) >= 11 is 3.57. The minimum absolute atomic E-state index is 0.268. The van der Waals surface area contributed by atoms with Crippen LogP contribution in [0, 0.1) is 11.8 Å². The zero-order valence-corrected chi connectivity index (χ0v) is 14.5. The zero-order chi connectivity index (χ0) is 15.6. The summed E-state index contributed by atoms with van der Waals surface area (Å²) in [7, 11) is 0. The Morgan fingerprint density at radius 1 is 1.43 bits per heavy atom. The fourth-order valence-corrected chi connectivity index (χ4v) is 3.66. The molecule has 1 aliphatic rings. The van der Waals surface area contributed by atoms with E-state index in [1.54, 1.807) is 0 Å². The van der Waals surface area contributed by atoms with E-state index in [-0.39, 0.29) is 5.91 Å². The lowest BCUT2D eigenvalue weighted by atomic mass is 9.86. The molecule has 1 heterocycles. The summed E-state index contributed by atoms with van der Waals surface area (Å²) in [5.74, 6) is 6.35. The molecule has 3 atom stereocenters. The van der Waals surface area contributed by atoms with E-state index in [0.29, 0.717) is 11.6 Å². The summed E-state index contributed by atoms with van der Waals surface area (Å²) in [6.07, 6.45) is 1.30. The lowest BCUT2D eigenvalue weighted by Crippen LogP contribution is -2.45. The van der Waals surface area contributed by atoms with Crippen molar-refractivity contribution in [3.8, 4) is 0 Å². The van der Waals surface area contributed by atoms with Crippen molar-refractivity contribution in [3.05, 3.63) is 33.8 Å². The van der Waals surface area contributed by atoms with E-state index < -0.39 is 0 Å². The van der Waals surface area contributed by atoms with Gasteiger partial charge in [0.2, 0.25) is 0 Å². The minimum atomic E-state index is -0.268. The number of nitrogens with zero attached hydrogens (tertiary/aromatic N) is 1. The molecule has 1 saturated heterocycles. The van der Waals surface area contributed by atoms with Crippen molar-refractivity contribution >= 4 is 21.8 Å². The van der Waals surface area contributed by atoms with Crippen molar-refractivity contribution in [3.63, 3.8) is 0 Å². The average molecular weight is 354 g/mol. The Labute approximate surface area is 135 Å². The van der Waals surface area contributed by atoms with Gasteiger partial charge in [-0.3, -0.25) is 15.1 Å². The number of hydrogen-bond donors (Lipinski definition) is 2. The topological polar surface area (TPSA) is 58.4 Å². The summed E-state index contributed by atoms with van der Waals surface area (Å²) in [5.41, 5.74) is 3.93. The van der Waals surface area contributed by atoms with Crippen LogP contribution < -0.4 is 11.3 Å². The summed E-state index contributed by atoms with van der Waals surface area (Å²) in [6, 6.07) is 6.24. The fourth-order valence-electron chi connectivity index (χ4n) is 3.16. The lowest BCUT2D eigenvalue weighted by Gasteiger charge is -2.41. The molecule has 4 nitrogen and oxygen atoms in total. The Balaban J connectivity index is 2.14. The summed E-state index contributed by atoms with van der Waals surface area (Å²) in [4.78, 5) is 14.1. The number of hydrazine groups is 1. The Bertz CT molecular complexity index is 520. The highest BCUT2D eigenvalue weighted by Crippen LogP contribution is 2.29. The molecule has 1 aliphatic heterocycles. The number of nitrogens with one attached hydrogen (secondary N) is 1. The number of carbonyl (C=O) groups excluding carboxylic acids is 1. The summed E-state index contributed by atoms with van der Waals surface area (Å²) in [6.45, 7) is 8.99. The molecule has 0 saturated carbocycles. The van der Waals surface area contributed by atoms with Gasteiger partial charge in [0.1, 0.15) is 0 Å². The molecule has 0 aliphatic carbocycles. The third-order valence-electron chi connectivity index (χ3n) is 4.54. The summed E-state index contributed by atoms with van der Waals surface area (Å²) in [5, 5.41) is 0. The van der Waals surface area contributed by atoms with Gasteiger partial charge in [0.15, 0.2) is 0 Å². The van der Waals surface area contributed by atoms with Crippen LogP contribution in [0.3, 0.4) is 0 Å². The van der Waals surface area contributed by atoms with Crippen molar-refractivity contribution < 1.29 is 4.79 Å². The standard InChI is InChI=1S/C16H24BrN3O/c1-10-6-11(2)12(3)20(8-10)9-14-5-4-13(7-15(14)17)16(21)19-18/h4-5,7,10-12H,6,8-9,18H2,1-3H3,(H,19,21). The second-order valence-corrected chi connectivity index (χ2v) is 7.12. The van der Waals surface area contributed by atoms with Gasteiger partial charge in [0, 0.05) is 29.2 Å². The van der Waals surface area contributed by atoms with Gasteiger partial charge in [0.05, 0.1) is 0 Å². The number of benzene rings is 1. The highest BCUT2D eigenvalue weighted by Gasteiger charge is 2.28. The molecule has 0 spiro atoms. The highest BCUT2D eigenvalue weighted by atomic mass is 79.9. The van der Waals surface area contributed by atoms with Crippen LogP contribution in [0.4, 0.5) is 0 Å². The van der Waals surface area contributed by atoms with Crippen LogP contribution in [0.25, 0.3) is 0 Å². The Hall–Kier alpha value is -0.910. The number of rotatable bonds is 3. The maximum Gasteiger partial charge on any atom is 0.265 e. The van der Waals surface area contributed by atoms with Crippen molar-refractivity contribution in [2.75, 3.05) is 6.54 Å². The van der Waals surface area contributed by atoms with Crippen LogP contribution in [-0.4, -0.2) is 23.4 Å².